The van der Waals surface area contributed by atoms with Gasteiger partial charge in [0.15, 0.2) is 0 Å². The fraction of sp³-hybridized carbons (Fsp3) is 0.316. The van der Waals surface area contributed by atoms with Gasteiger partial charge in [-0.05, 0) is 55.2 Å². The molecule has 2 rings (SSSR count). The van der Waals surface area contributed by atoms with Crippen LogP contribution in [0.3, 0.4) is 0 Å². The van der Waals surface area contributed by atoms with Gasteiger partial charge >= 0.3 is 0 Å². The predicted octanol–water partition coefficient (Wildman–Crippen LogP) is 3.53. The first-order valence-corrected chi connectivity index (χ1v) is 7.91. The summed E-state index contributed by atoms with van der Waals surface area (Å²) in [5, 5.41) is 12.9. The molecule has 2 aromatic rings. The van der Waals surface area contributed by atoms with Crippen LogP contribution < -0.4 is 5.32 Å². The minimum atomic E-state index is -0.774. The highest BCUT2D eigenvalue weighted by atomic mass is 19.1. The van der Waals surface area contributed by atoms with Crippen LogP contribution >= 0.6 is 0 Å². The second-order valence-electron chi connectivity index (χ2n) is 5.90. The van der Waals surface area contributed by atoms with E-state index in [1.807, 2.05) is 0 Å². The number of amides is 1. The van der Waals surface area contributed by atoms with E-state index in [2.05, 4.69) is 5.32 Å². The fourth-order valence-corrected chi connectivity index (χ4v) is 2.51. The molecule has 5 heteroatoms. The Kier molecular flexibility index (Phi) is 6.44. The van der Waals surface area contributed by atoms with Gasteiger partial charge in [-0.15, -0.1) is 0 Å². The molecule has 2 atom stereocenters. The van der Waals surface area contributed by atoms with E-state index >= 15 is 0 Å². The molecule has 0 aliphatic heterocycles. The Hall–Kier alpha value is -2.27. The molecule has 0 aromatic heterocycles. The van der Waals surface area contributed by atoms with Crippen LogP contribution in [0, 0.1) is 11.6 Å². The third kappa shape index (κ3) is 5.74. The minimum absolute atomic E-state index is 0.155. The molecule has 128 valence electrons. The van der Waals surface area contributed by atoms with Crippen molar-refractivity contribution in [2.45, 2.75) is 38.3 Å². The number of nitrogens with one attached hydrogen (secondary N) is 1. The van der Waals surface area contributed by atoms with Gasteiger partial charge < -0.3 is 10.4 Å². The number of carbonyl (C=O) groups is 1. The molecule has 2 N–H and O–H groups in total. The minimum Gasteiger partial charge on any atom is -0.388 e. The van der Waals surface area contributed by atoms with Crippen LogP contribution in [-0.4, -0.2) is 17.1 Å². The van der Waals surface area contributed by atoms with E-state index in [9.17, 15) is 18.7 Å². The lowest BCUT2D eigenvalue weighted by molar-refractivity contribution is -0.121. The summed E-state index contributed by atoms with van der Waals surface area (Å²) in [5.74, 6) is -0.827. The Labute approximate surface area is 140 Å². The lowest BCUT2D eigenvalue weighted by Crippen LogP contribution is -2.33. The average Bonchev–Trinajstić information content (AvgIpc) is 2.53. The van der Waals surface area contributed by atoms with Gasteiger partial charge in [0.05, 0.1) is 6.10 Å². The zero-order chi connectivity index (χ0) is 17.5. The number of halogens is 2. The molecule has 0 saturated carbocycles. The van der Waals surface area contributed by atoms with E-state index in [1.54, 1.807) is 19.1 Å². The van der Waals surface area contributed by atoms with Crippen LogP contribution in [0.4, 0.5) is 8.78 Å². The number of aliphatic hydroxyl groups is 1. The van der Waals surface area contributed by atoms with Gasteiger partial charge in [-0.1, -0.05) is 24.3 Å². The Morgan fingerprint density at radius 3 is 2.50 bits per heavy atom. The number of aliphatic hydroxyl groups excluding tert-OH is 1. The summed E-state index contributed by atoms with van der Waals surface area (Å²) in [6.45, 7) is 1.80. The van der Waals surface area contributed by atoms with Crippen molar-refractivity contribution >= 4 is 5.91 Å². The Morgan fingerprint density at radius 1 is 1.12 bits per heavy atom. The van der Waals surface area contributed by atoms with Gasteiger partial charge in [0.1, 0.15) is 11.6 Å². The van der Waals surface area contributed by atoms with E-state index < -0.39 is 6.10 Å². The van der Waals surface area contributed by atoms with Gasteiger partial charge in [0, 0.05) is 12.5 Å². The summed E-state index contributed by atoms with van der Waals surface area (Å²) in [4.78, 5) is 11.9. The molecule has 0 heterocycles. The second kappa shape index (κ2) is 8.55. The van der Waals surface area contributed by atoms with Gasteiger partial charge in [0.25, 0.3) is 0 Å². The van der Waals surface area contributed by atoms with Crippen LogP contribution in [0.25, 0.3) is 0 Å². The molecular weight excluding hydrogens is 312 g/mol. The SMILES string of the molecule is CC(CC(O)c1ccc(F)cc1)NC(=O)CCc1cccc(F)c1. The van der Waals surface area contributed by atoms with Gasteiger partial charge in [-0.25, -0.2) is 8.78 Å². The molecule has 0 aliphatic rings. The van der Waals surface area contributed by atoms with Crippen LogP contribution in [0.1, 0.15) is 37.0 Å². The number of hydrogen-bond donors (Lipinski definition) is 2. The quantitative estimate of drug-likeness (QED) is 0.814. The Bertz CT molecular complexity index is 673. The van der Waals surface area contributed by atoms with Crippen molar-refractivity contribution in [3.05, 3.63) is 71.3 Å². The smallest absolute Gasteiger partial charge is 0.220 e. The van der Waals surface area contributed by atoms with Crippen molar-refractivity contribution in [3.8, 4) is 0 Å². The molecule has 0 bridgehead atoms. The van der Waals surface area contributed by atoms with E-state index in [0.717, 1.165) is 5.56 Å². The highest BCUT2D eigenvalue weighted by molar-refractivity contribution is 5.76. The molecule has 1 amide bonds. The predicted molar refractivity (Wildman–Crippen MR) is 88.3 cm³/mol. The maximum absolute atomic E-state index is 13.1. The second-order valence-corrected chi connectivity index (χ2v) is 5.90. The highest BCUT2D eigenvalue weighted by Gasteiger charge is 2.14. The Morgan fingerprint density at radius 2 is 1.83 bits per heavy atom. The maximum atomic E-state index is 13.1. The monoisotopic (exact) mass is 333 g/mol. The molecule has 3 nitrogen and oxygen atoms in total. The number of rotatable bonds is 7. The standard InChI is InChI=1S/C19H21F2NO2/c1-13(11-18(23)15-6-8-16(20)9-7-15)22-19(24)10-5-14-3-2-4-17(21)12-14/h2-4,6-9,12-13,18,23H,5,10-11H2,1H3,(H,22,24). The fourth-order valence-electron chi connectivity index (χ4n) is 2.51. The van der Waals surface area contributed by atoms with E-state index in [-0.39, 0.29) is 30.0 Å². The summed E-state index contributed by atoms with van der Waals surface area (Å²) in [7, 11) is 0. The number of aryl methyl sites for hydroxylation is 1. The van der Waals surface area contributed by atoms with Crippen LogP contribution in [0.15, 0.2) is 48.5 Å². The van der Waals surface area contributed by atoms with E-state index in [4.69, 9.17) is 0 Å². The summed E-state index contributed by atoms with van der Waals surface area (Å²) >= 11 is 0. The largest absolute Gasteiger partial charge is 0.388 e. The molecule has 0 saturated heterocycles. The van der Waals surface area contributed by atoms with Crippen molar-refractivity contribution in [1.29, 1.82) is 0 Å². The average molecular weight is 333 g/mol. The number of benzene rings is 2. The van der Waals surface area contributed by atoms with Gasteiger partial charge in [-0.2, -0.15) is 0 Å². The lowest BCUT2D eigenvalue weighted by atomic mass is 10.0. The van der Waals surface area contributed by atoms with Crippen molar-refractivity contribution in [3.63, 3.8) is 0 Å². The Balaban J connectivity index is 1.77. The highest BCUT2D eigenvalue weighted by Crippen LogP contribution is 2.18. The molecular formula is C19H21F2NO2. The van der Waals surface area contributed by atoms with Crippen molar-refractivity contribution in [1.82, 2.24) is 5.32 Å². The summed E-state index contributed by atoms with van der Waals surface area (Å²) in [6.07, 6.45) is 0.262. The molecule has 2 aromatic carbocycles. The number of hydrogen-bond acceptors (Lipinski definition) is 2. The zero-order valence-electron chi connectivity index (χ0n) is 13.5. The first-order valence-electron chi connectivity index (χ1n) is 7.91. The molecule has 0 fully saturated rings. The topological polar surface area (TPSA) is 49.3 Å². The lowest BCUT2D eigenvalue weighted by Gasteiger charge is -2.18. The first-order chi connectivity index (χ1) is 11.4. The van der Waals surface area contributed by atoms with Crippen molar-refractivity contribution in [2.24, 2.45) is 0 Å². The normalized spacial score (nSPS) is 13.3. The maximum Gasteiger partial charge on any atom is 0.220 e. The number of carbonyl (C=O) groups excluding carboxylic acids is 1. The molecule has 0 aliphatic carbocycles. The third-order valence-corrected chi connectivity index (χ3v) is 3.77. The van der Waals surface area contributed by atoms with Crippen LogP contribution in [-0.2, 0) is 11.2 Å². The zero-order valence-corrected chi connectivity index (χ0v) is 13.5. The van der Waals surface area contributed by atoms with E-state index in [1.165, 1.54) is 36.4 Å². The van der Waals surface area contributed by atoms with Crippen LogP contribution in [0.2, 0.25) is 0 Å². The molecule has 24 heavy (non-hydrogen) atoms. The molecule has 0 radical (unpaired) electrons. The molecule has 0 spiro atoms. The summed E-state index contributed by atoms with van der Waals surface area (Å²) in [5.41, 5.74) is 1.38. The van der Waals surface area contributed by atoms with Crippen molar-refractivity contribution < 1.29 is 18.7 Å². The summed E-state index contributed by atoms with van der Waals surface area (Å²) < 4.78 is 26.0. The third-order valence-electron chi connectivity index (χ3n) is 3.77. The van der Waals surface area contributed by atoms with E-state index in [0.29, 0.717) is 18.4 Å². The van der Waals surface area contributed by atoms with Crippen molar-refractivity contribution in [2.75, 3.05) is 0 Å². The van der Waals surface area contributed by atoms with Gasteiger partial charge in [0.2, 0.25) is 5.91 Å². The van der Waals surface area contributed by atoms with Crippen LogP contribution in [0.5, 0.6) is 0 Å². The molecule has 2 unspecified atom stereocenters. The first kappa shape index (κ1) is 18.1. The van der Waals surface area contributed by atoms with Gasteiger partial charge in [-0.3, -0.25) is 4.79 Å². The summed E-state index contributed by atoms with van der Waals surface area (Å²) in [6, 6.07) is 11.6.